The van der Waals surface area contributed by atoms with Crippen LogP contribution in [-0.4, -0.2) is 47.5 Å². The molecular formula is C15H19N3O3. The van der Waals surface area contributed by atoms with E-state index in [9.17, 15) is 9.59 Å². The van der Waals surface area contributed by atoms with Crippen LogP contribution in [-0.2, 0) is 14.3 Å². The highest BCUT2D eigenvalue weighted by atomic mass is 16.5. The van der Waals surface area contributed by atoms with Crippen molar-refractivity contribution >= 4 is 17.5 Å². The molecule has 3 atom stereocenters. The van der Waals surface area contributed by atoms with Crippen LogP contribution in [0.3, 0.4) is 0 Å². The molecule has 0 unspecified atom stereocenters. The predicted octanol–water partition coefficient (Wildman–Crippen LogP) is 0.903. The van der Waals surface area contributed by atoms with E-state index in [2.05, 4.69) is 10.3 Å². The Balaban J connectivity index is 1.74. The Morgan fingerprint density at radius 3 is 3.00 bits per heavy atom. The van der Waals surface area contributed by atoms with E-state index in [1.54, 1.807) is 29.4 Å². The van der Waals surface area contributed by atoms with Crippen molar-refractivity contribution in [3.05, 3.63) is 24.5 Å². The minimum Gasteiger partial charge on any atom is -0.376 e. The van der Waals surface area contributed by atoms with Crippen LogP contribution in [0.25, 0.3) is 0 Å². The summed E-state index contributed by atoms with van der Waals surface area (Å²) in [6, 6.07) is 3.58. The monoisotopic (exact) mass is 289 g/mol. The van der Waals surface area contributed by atoms with Crippen molar-refractivity contribution in [2.24, 2.45) is 11.8 Å². The van der Waals surface area contributed by atoms with Crippen molar-refractivity contribution in [2.45, 2.75) is 19.4 Å². The molecule has 3 heterocycles. The lowest BCUT2D eigenvalue weighted by Crippen LogP contribution is -2.52. The van der Waals surface area contributed by atoms with Gasteiger partial charge in [-0.2, -0.15) is 0 Å². The van der Waals surface area contributed by atoms with E-state index in [-0.39, 0.29) is 29.8 Å². The first-order valence-electron chi connectivity index (χ1n) is 7.23. The minimum absolute atomic E-state index is 0.0110. The van der Waals surface area contributed by atoms with E-state index in [4.69, 9.17) is 4.74 Å². The van der Waals surface area contributed by atoms with Crippen molar-refractivity contribution in [1.82, 2.24) is 9.88 Å². The SMILES string of the molecule is CC(=O)N1C[C@H](C(=O)Nc2cccnc2)[C@@H]2CCO[C@@H]2C1. The zero-order valence-electron chi connectivity index (χ0n) is 12.0. The Morgan fingerprint density at radius 1 is 1.43 bits per heavy atom. The van der Waals surface area contributed by atoms with Gasteiger partial charge in [0.05, 0.1) is 23.9 Å². The van der Waals surface area contributed by atoms with Gasteiger partial charge in [-0.15, -0.1) is 0 Å². The van der Waals surface area contributed by atoms with Crippen molar-refractivity contribution in [3.63, 3.8) is 0 Å². The number of hydrogen-bond donors (Lipinski definition) is 1. The molecule has 2 aliphatic heterocycles. The van der Waals surface area contributed by atoms with Crippen LogP contribution in [0.4, 0.5) is 5.69 Å². The summed E-state index contributed by atoms with van der Waals surface area (Å²) in [5.41, 5.74) is 0.679. The second-order valence-electron chi connectivity index (χ2n) is 5.62. The van der Waals surface area contributed by atoms with Crippen LogP contribution in [0.2, 0.25) is 0 Å². The number of nitrogens with one attached hydrogen (secondary N) is 1. The summed E-state index contributed by atoms with van der Waals surface area (Å²) >= 11 is 0. The van der Waals surface area contributed by atoms with Gasteiger partial charge in [0.2, 0.25) is 11.8 Å². The molecule has 0 aromatic carbocycles. The summed E-state index contributed by atoms with van der Waals surface area (Å²) < 4.78 is 5.68. The molecule has 0 bridgehead atoms. The van der Waals surface area contributed by atoms with E-state index in [1.807, 2.05) is 0 Å². The molecule has 2 saturated heterocycles. The molecule has 2 fully saturated rings. The van der Waals surface area contributed by atoms with Gasteiger partial charge in [0.1, 0.15) is 0 Å². The Labute approximate surface area is 123 Å². The van der Waals surface area contributed by atoms with E-state index < -0.39 is 0 Å². The fourth-order valence-corrected chi connectivity index (χ4v) is 3.18. The van der Waals surface area contributed by atoms with Crippen LogP contribution in [0, 0.1) is 11.8 Å². The van der Waals surface area contributed by atoms with Gasteiger partial charge >= 0.3 is 0 Å². The molecule has 0 saturated carbocycles. The zero-order chi connectivity index (χ0) is 14.8. The highest BCUT2D eigenvalue weighted by Crippen LogP contribution is 2.34. The second kappa shape index (κ2) is 5.81. The predicted molar refractivity (Wildman–Crippen MR) is 76.5 cm³/mol. The van der Waals surface area contributed by atoms with Crippen LogP contribution < -0.4 is 5.32 Å². The van der Waals surface area contributed by atoms with Gasteiger partial charge in [-0.25, -0.2) is 0 Å². The maximum atomic E-state index is 12.5. The van der Waals surface area contributed by atoms with Gasteiger partial charge in [-0.1, -0.05) is 0 Å². The largest absolute Gasteiger partial charge is 0.376 e. The highest BCUT2D eigenvalue weighted by Gasteiger charge is 2.44. The number of carbonyl (C=O) groups excluding carboxylic acids is 2. The molecule has 112 valence electrons. The van der Waals surface area contributed by atoms with Crippen LogP contribution in [0.1, 0.15) is 13.3 Å². The van der Waals surface area contributed by atoms with Crippen molar-refractivity contribution in [2.75, 3.05) is 25.0 Å². The second-order valence-corrected chi connectivity index (χ2v) is 5.62. The normalized spacial score (nSPS) is 28.0. The molecule has 21 heavy (non-hydrogen) atoms. The third-order valence-electron chi connectivity index (χ3n) is 4.31. The lowest BCUT2D eigenvalue weighted by molar-refractivity contribution is -0.138. The topological polar surface area (TPSA) is 71.5 Å². The van der Waals surface area contributed by atoms with Crippen molar-refractivity contribution < 1.29 is 14.3 Å². The summed E-state index contributed by atoms with van der Waals surface area (Å²) in [4.78, 5) is 29.9. The molecule has 1 N–H and O–H groups in total. The van der Waals surface area contributed by atoms with Crippen molar-refractivity contribution in [1.29, 1.82) is 0 Å². The van der Waals surface area contributed by atoms with E-state index >= 15 is 0 Å². The fraction of sp³-hybridized carbons (Fsp3) is 0.533. The molecule has 1 aromatic heterocycles. The number of nitrogens with zero attached hydrogens (tertiary/aromatic N) is 2. The molecule has 0 aliphatic carbocycles. The maximum absolute atomic E-state index is 12.5. The van der Waals surface area contributed by atoms with E-state index in [0.717, 1.165) is 6.42 Å². The fourth-order valence-electron chi connectivity index (χ4n) is 3.18. The molecule has 2 amide bonds. The molecule has 1 aromatic rings. The average Bonchev–Trinajstić information content (AvgIpc) is 2.95. The van der Waals surface area contributed by atoms with Crippen LogP contribution >= 0.6 is 0 Å². The van der Waals surface area contributed by atoms with E-state index in [1.165, 1.54) is 6.92 Å². The van der Waals surface area contributed by atoms with Crippen LogP contribution in [0.15, 0.2) is 24.5 Å². The highest BCUT2D eigenvalue weighted by molar-refractivity contribution is 5.93. The number of aromatic nitrogens is 1. The Bertz CT molecular complexity index is 534. The number of anilines is 1. The molecular weight excluding hydrogens is 270 g/mol. The number of pyridine rings is 1. The molecule has 6 nitrogen and oxygen atoms in total. The number of rotatable bonds is 2. The summed E-state index contributed by atoms with van der Waals surface area (Å²) in [6.07, 6.45) is 4.13. The number of fused-ring (bicyclic) bond motifs is 1. The van der Waals surface area contributed by atoms with Gasteiger partial charge in [0, 0.05) is 38.7 Å². The Morgan fingerprint density at radius 2 is 2.29 bits per heavy atom. The Hall–Kier alpha value is -1.95. The molecule has 0 radical (unpaired) electrons. The summed E-state index contributed by atoms with van der Waals surface area (Å²) in [7, 11) is 0. The third kappa shape index (κ3) is 2.90. The number of likely N-dealkylation sites (tertiary alicyclic amines) is 1. The van der Waals surface area contributed by atoms with Gasteiger partial charge < -0.3 is 15.0 Å². The summed E-state index contributed by atoms with van der Waals surface area (Å²) in [5, 5.41) is 2.89. The first kappa shape index (κ1) is 14.0. The first-order chi connectivity index (χ1) is 10.1. The van der Waals surface area contributed by atoms with Gasteiger partial charge in [0.25, 0.3) is 0 Å². The first-order valence-corrected chi connectivity index (χ1v) is 7.23. The number of ether oxygens (including phenoxy) is 1. The minimum atomic E-state index is -0.227. The summed E-state index contributed by atoms with van der Waals surface area (Å²) in [6.45, 7) is 3.26. The summed E-state index contributed by atoms with van der Waals surface area (Å²) in [5.74, 6) is -0.106. The zero-order valence-corrected chi connectivity index (χ0v) is 12.0. The molecule has 2 aliphatic rings. The number of carbonyl (C=O) groups is 2. The quantitative estimate of drug-likeness (QED) is 0.878. The smallest absolute Gasteiger partial charge is 0.229 e. The number of amides is 2. The van der Waals surface area contributed by atoms with Crippen molar-refractivity contribution in [3.8, 4) is 0 Å². The van der Waals surface area contributed by atoms with Crippen LogP contribution in [0.5, 0.6) is 0 Å². The average molecular weight is 289 g/mol. The molecule has 0 spiro atoms. The molecule has 6 heteroatoms. The third-order valence-corrected chi connectivity index (χ3v) is 4.31. The van der Waals surface area contributed by atoms with Gasteiger partial charge in [-0.3, -0.25) is 14.6 Å². The molecule has 3 rings (SSSR count). The lowest BCUT2D eigenvalue weighted by Gasteiger charge is -2.38. The van der Waals surface area contributed by atoms with Gasteiger partial charge in [-0.05, 0) is 18.6 Å². The number of hydrogen-bond acceptors (Lipinski definition) is 4. The lowest BCUT2D eigenvalue weighted by atomic mass is 9.82. The Kier molecular flexibility index (Phi) is 3.88. The van der Waals surface area contributed by atoms with E-state index in [0.29, 0.717) is 25.4 Å². The number of piperidine rings is 1. The standard InChI is InChI=1S/C15H19N3O3/c1-10(19)18-8-13(12-4-6-21-14(12)9-18)15(20)17-11-3-2-5-16-7-11/h2-3,5,7,12-14H,4,6,8-9H2,1H3,(H,17,20)/t12-,13-,14+/m0/s1. The van der Waals surface area contributed by atoms with Gasteiger partial charge in [0.15, 0.2) is 0 Å². The maximum Gasteiger partial charge on any atom is 0.229 e.